The van der Waals surface area contributed by atoms with Crippen LogP contribution in [0.2, 0.25) is 30.5 Å². The minimum Gasteiger partial charge on any atom is -0.493 e. The Bertz CT molecular complexity index is 4900. The van der Waals surface area contributed by atoms with Gasteiger partial charge in [-0.15, -0.1) is 0 Å². The summed E-state index contributed by atoms with van der Waals surface area (Å²) in [5.74, 6) is -3.91. The zero-order valence-electron chi connectivity index (χ0n) is 57.4. The van der Waals surface area contributed by atoms with E-state index in [9.17, 15) is 39.5 Å². The van der Waals surface area contributed by atoms with Crippen LogP contribution >= 0.6 is 69.6 Å². The number of ether oxygens (including phenoxy) is 6. The van der Waals surface area contributed by atoms with Crippen LogP contribution in [0.25, 0.3) is 49.9 Å². The van der Waals surface area contributed by atoms with Crippen molar-refractivity contribution in [3.05, 3.63) is 191 Å². The van der Waals surface area contributed by atoms with Crippen LogP contribution in [0.1, 0.15) is 111 Å². The highest BCUT2D eigenvalue weighted by Crippen LogP contribution is 2.51. The lowest BCUT2D eigenvalue weighted by molar-refractivity contribution is -0.142. The third-order valence-electron chi connectivity index (χ3n) is 16.6. The average molecular weight is 1630 g/mol. The summed E-state index contributed by atoms with van der Waals surface area (Å²) in [4.78, 5) is 35.9. The van der Waals surface area contributed by atoms with Crippen molar-refractivity contribution < 1.29 is 81.1 Å². The van der Waals surface area contributed by atoms with Crippen molar-refractivity contribution in [1.29, 1.82) is 0 Å². The Morgan fingerprint density at radius 3 is 0.852 bits per heavy atom. The molecule has 9 heterocycles. The van der Waals surface area contributed by atoms with Gasteiger partial charge in [-0.1, -0.05) is 90.4 Å². The maximum absolute atomic E-state index is 15.5. The highest BCUT2D eigenvalue weighted by molar-refractivity contribution is 6.34. The summed E-state index contributed by atoms with van der Waals surface area (Å²) in [6.07, 6.45) is -4.90. The van der Waals surface area contributed by atoms with Crippen molar-refractivity contribution in [3.63, 3.8) is 0 Å². The van der Waals surface area contributed by atoms with Crippen molar-refractivity contribution in [2.75, 3.05) is 58.4 Å². The maximum Gasteiger partial charge on any atom is 0.433 e. The van der Waals surface area contributed by atoms with E-state index >= 15 is 13.2 Å². The number of hydrogen-bond acceptors (Lipinski definition) is 18. The summed E-state index contributed by atoms with van der Waals surface area (Å²) in [6.45, 7) is 10.7. The lowest BCUT2D eigenvalue weighted by atomic mass is 9.93. The average Bonchev–Trinajstić information content (AvgIpc) is 1.06. The number of hydrogen-bond donors (Lipinski definition) is 3. The quantitative estimate of drug-likeness (QED) is 0.0674. The molecule has 0 bridgehead atoms. The first-order valence-electron chi connectivity index (χ1n) is 31.6. The Balaban J connectivity index is 0.000000173. The molecule has 0 amide bonds. The maximum atomic E-state index is 15.5. The Labute approximate surface area is 634 Å². The Hall–Kier alpha value is -9.93. The number of halogens is 18. The van der Waals surface area contributed by atoms with Crippen LogP contribution in [-0.4, -0.2) is 99.2 Å². The number of pyridine rings is 3. The molecule has 570 valence electrons. The van der Waals surface area contributed by atoms with E-state index in [2.05, 4.69) is 44.9 Å². The summed E-state index contributed by atoms with van der Waals surface area (Å²) >= 11 is 37.7. The lowest BCUT2D eigenvalue weighted by Crippen LogP contribution is -2.11. The van der Waals surface area contributed by atoms with Gasteiger partial charge < -0.3 is 45.6 Å². The van der Waals surface area contributed by atoms with E-state index in [1.807, 2.05) is 0 Å². The molecule has 108 heavy (non-hydrogen) atoms. The van der Waals surface area contributed by atoms with Crippen LogP contribution < -0.4 is 45.6 Å². The van der Waals surface area contributed by atoms with Crippen LogP contribution in [-0.2, 0) is 18.5 Å². The standard InChI is InChI=1S/3C23H19Cl2F4N5O2/c3*1-4-36-18-12(10(2)21-33-19(25)17-20(30)31-7-8-34(17)21)9-13(24)16(26)15(18)11-5-6-14(23(27,28)29)32-22(11)35-3/h3*5-10H,4H2,1-3H3,(H2,30,31)/t2*10-;/m10./s1. The van der Waals surface area contributed by atoms with Gasteiger partial charge in [0.15, 0.2) is 50.4 Å². The molecule has 0 saturated heterocycles. The molecule has 6 N–H and O–H groups in total. The summed E-state index contributed by atoms with van der Waals surface area (Å²) in [6, 6.07) is 9.51. The van der Waals surface area contributed by atoms with Crippen LogP contribution in [0.3, 0.4) is 0 Å². The molecular formula is C69H57Cl6F12N15O6. The zero-order chi connectivity index (χ0) is 79.1. The van der Waals surface area contributed by atoms with Gasteiger partial charge in [-0.25, -0.2) is 58.0 Å². The van der Waals surface area contributed by atoms with Gasteiger partial charge in [0.05, 0.1) is 89.6 Å². The van der Waals surface area contributed by atoms with Crippen LogP contribution in [0.5, 0.6) is 34.9 Å². The van der Waals surface area contributed by atoms with Gasteiger partial charge in [0.25, 0.3) is 0 Å². The van der Waals surface area contributed by atoms with Crippen LogP contribution in [0.4, 0.5) is 70.1 Å². The van der Waals surface area contributed by atoms with E-state index < -0.39 is 88.5 Å². The monoisotopic (exact) mass is 1630 g/mol. The van der Waals surface area contributed by atoms with Crippen molar-refractivity contribution >= 4 is 104 Å². The lowest BCUT2D eigenvalue weighted by Gasteiger charge is -2.22. The molecule has 0 radical (unpaired) electrons. The third kappa shape index (κ3) is 15.6. The molecule has 12 rings (SSSR count). The molecule has 9 aromatic heterocycles. The largest absolute Gasteiger partial charge is 0.493 e. The van der Waals surface area contributed by atoms with Crippen molar-refractivity contribution in [1.82, 2.24) is 58.1 Å². The van der Waals surface area contributed by atoms with Gasteiger partial charge in [-0.05, 0) is 75.4 Å². The number of methoxy groups -OCH3 is 3. The van der Waals surface area contributed by atoms with Gasteiger partial charge in [-0.2, -0.15) is 39.5 Å². The number of nitrogens with zero attached hydrogens (tertiary/aromatic N) is 12. The second kappa shape index (κ2) is 32.1. The van der Waals surface area contributed by atoms with Gasteiger partial charge in [-0.3, -0.25) is 13.2 Å². The molecule has 0 aliphatic rings. The minimum absolute atomic E-state index is 0.0432. The normalized spacial score (nSPS) is 12.7. The van der Waals surface area contributed by atoms with Crippen molar-refractivity contribution in [3.8, 4) is 68.3 Å². The summed E-state index contributed by atoms with van der Waals surface area (Å²) in [7, 11) is 3.40. The number of nitrogens with two attached hydrogens (primary N) is 3. The molecule has 0 aliphatic carbocycles. The van der Waals surface area contributed by atoms with E-state index in [1.54, 1.807) is 73.3 Å². The fraction of sp³-hybridized carbons (Fsp3) is 0.261. The molecule has 39 heteroatoms. The first-order chi connectivity index (χ1) is 51.0. The fourth-order valence-electron chi connectivity index (χ4n) is 11.8. The minimum atomic E-state index is -4.72. The highest BCUT2D eigenvalue weighted by atomic mass is 35.5. The van der Waals surface area contributed by atoms with E-state index in [0.717, 1.165) is 57.7 Å². The number of alkyl halides is 9. The predicted octanol–water partition coefficient (Wildman–Crippen LogP) is 19.2. The Morgan fingerprint density at radius 2 is 0.639 bits per heavy atom. The number of anilines is 3. The highest BCUT2D eigenvalue weighted by Gasteiger charge is 2.39. The second-order valence-electron chi connectivity index (χ2n) is 23.0. The predicted molar refractivity (Wildman–Crippen MR) is 382 cm³/mol. The van der Waals surface area contributed by atoms with Crippen molar-refractivity contribution in [2.24, 2.45) is 0 Å². The number of benzene rings is 3. The van der Waals surface area contributed by atoms with Gasteiger partial charge in [0, 0.05) is 71.6 Å². The van der Waals surface area contributed by atoms with Crippen LogP contribution in [0, 0.1) is 17.5 Å². The van der Waals surface area contributed by atoms with Gasteiger partial charge in [0.1, 0.15) is 68.4 Å². The molecule has 0 aliphatic heterocycles. The third-order valence-corrected chi connectivity index (χ3v) is 18.2. The molecule has 1 unspecified atom stereocenters. The Morgan fingerprint density at radius 1 is 0.398 bits per heavy atom. The molecule has 3 aromatic carbocycles. The molecule has 3 atom stereocenters. The van der Waals surface area contributed by atoms with Crippen molar-refractivity contribution in [2.45, 2.75) is 77.8 Å². The topological polar surface area (TPSA) is 263 Å². The molecule has 12 aromatic rings. The summed E-state index contributed by atoms with van der Waals surface area (Å²) < 4.78 is 203. The van der Waals surface area contributed by atoms with Gasteiger partial charge in [0.2, 0.25) is 17.6 Å². The molecular weight excluding hydrogens is 1580 g/mol. The van der Waals surface area contributed by atoms with E-state index in [-0.39, 0.29) is 118 Å². The first-order valence-corrected chi connectivity index (χ1v) is 33.9. The van der Waals surface area contributed by atoms with E-state index in [1.165, 1.54) is 36.8 Å². The van der Waals surface area contributed by atoms with E-state index in [4.69, 9.17) is 115 Å². The second-order valence-corrected chi connectivity index (χ2v) is 25.3. The number of nitrogen functional groups attached to an aromatic ring is 3. The van der Waals surface area contributed by atoms with Gasteiger partial charge >= 0.3 is 18.5 Å². The molecule has 0 spiro atoms. The zero-order valence-corrected chi connectivity index (χ0v) is 61.9. The number of aromatic nitrogens is 12. The van der Waals surface area contributed by atoms with E-state index in [0.29, 0.717) is 50.7 Å². The van der Waals surface area contributed by atoms with Crippen LogP contribution in [0.15, 0.2) is 91.8 Å². The molecule has 0 saturated carbocycles. The number of fused-ring (bicyclic) bond motifs is 3. The fourth-order valence-corrected chi connectivity index (χ4v) is 13.2. The first kappa shape index (κ1) is 80.6. The number of rotatable bonds is 18. The number of imidazole rings is 3. The summed E-state index contributed by atoms with van der Waals surface area (Å²) in [5.41, 5.74) is 15.9. The summed E-state index contributed by atoms with van der Waals surface area (Å²) in [5, 5.41) is -0.520. The Kier molecular flexibility index (Phi) is 24.0. The molecule has 21 nitrogen and oxygen atoms in total. The SMILES string of the molecule is CCOc1c(C(C)c2nc(Cl)c3c(N)nccn23)cc(Cl)c(F)c1-c1ccc(C(F)(F)F)nc1OC.CCOc1c([C@@H](C)c2nc(Cl)c3c(N)nccn23)cc(Cl)c(F)c1-c1ccc(C(F)(F)F)nc1OC.CCOc1c([C@H](C)c2nc(Cl)c3c(N)nccn23)cc(Cl)c(F)c1-c1ccc(C(F)(F)F)nc1OC. The molecule has 0 fully saturated rings. The smallest absolute Gasteiger partial charge is 0.433 e.